The zero-order valence-electron chi connectivity index (χ0n) is 21.8. The van der Waals surface area contributed by atoms with Crippen molar-refractivity contribution in [3.8, 4) is 0 Å². The second kappa shape index (κ2) is 13.5. The van der Waals surface area contributed by atoms with Crippen LogP contribution in [0.4, 0.5) is 5.69 Å². The molecule has 0 saturated carbocycles. The Kier molecular flexibility index (Phi) is 10.7. The van der Waals surface area contributed by atoms with Crippen LogP contribution in [0.25, 0.3) is 0 Å². The summed E-state index contributed by atoms with van der Waals surface area (Å²) in [6.45, 7) is 5.20. The maximum Gasteiger partial charge on any atom is 0.264 e. The molecule has 0 saturated heterocycles. The van der Waals surface area contributed by atoms with Gasteiger partial charge >= 0.3 is 0 Å². The Morgan fingerprint density at radius 3 is 2.26 bits per heavy atom. The van der Waals surface area contributed by atoms with Gasteiger partial charge in [0, 0.05) is 23.1 Å². The molecule has 3 aromatic rings. The number of nitrogens with one attached hydrogen (secondary N) is 1. The van der Waals surface area contributed by atoms with Crippen molar-refractivity contribution >= 4 is 62.3 Å². The minimum atomic E-state index is -4.26. The maximum atomic E-state index is 13.9. The number of benzene rings is 3. The summed E-state index contributed by atoms with van der Waals surface area (Å²) in [6, 6.07) is 16.6. The molecule has 1 N–H and O–H groups in total. The smallest absolute Gasteiger partial charge is 0.264 e. The lowest BCUT2D eigenvalue weighted by Crippen LogP contribution is -2.51. The van der Waals surface area contributed by atoms with E-state index in [1.165, 1.54) is 35.2 Å². The second-order valence-electron chi connectivity index (χ2n) is 9.04. The average Bonchev–Trinajstić information content (AvgIpc) is 2.90. The second-order valence-corrected chi connectivity index (χ2v) is 12.2. The fourth-order valence-corrected chi connectivity index (χ4v) is 5.91. The lowest BCUT2D eigenvalue weighted by molar-refractivity contribution is -0.139. The first-order valence-electron chi connectivity index (χ1n) is 12.3. The summed E-state index contributed by atoms with van der Waals surface area (Å²) in [5.41, 5.74) is 1.60. The Morgan fingerprint density at radius 2 is 1.62 bits per heavy atom. The molecule has 0 spiro atoms. The van der Waals surface area contributed by atoms with Gasteiger partial charge in [-0.25, -0.2) is 8.42 Å². The predicted octanol–water partition coefficient (Wildman–Crippen LogP) is 6.09. The van der Waals surface area contributed by atoms with Crippen LogP contribution in [0.5, 0.6) is 0 Å². The molecule has 3 aromatic carbocycles. The van der Waals surface area contributed by atoms with E-state index in [-0.39, 0.29) is 33.1 Å². The van der Waals surface area contributed by atoms with Gasteiger partial charge in [-0.2, -0.15) is 0 Å². The summed E-state index contributed by atoms with van der Waals surface area (Å²) in [6.07, 6.45) is 0.719. The van der Waals surface area contributed by atoms with Crippen molar-refractivity contribution in [2.45, 2.75) is 44.7 Å². The lowest BCUT2D eigenvalue weighted by Gasteiger charge is -2.32. The fraction of sp³-hybridized carbons (Fsp3) is 0.286. The van der Waals surface area contributed by atoms with Gasteiger partial charge in [-0.1, -0.05) is 71.6 Å². The van der Waals surface area contributed by atoms with Crippen LogP contribution in [0.2, 0.25) is 15.1 Å². The number of amides is 2. The molecule has 0 fully saturated rings. The SMILES string of the molecule is CCCNC(=O)[C@H](C)N(Cc1cccc(Cl)c1)C(=O)CN(c1cc(Cl)ccc1Cl)S(=O)(=O)c1ccc(C)cc1. The van der Waals surface area contributed by atoms with Crippen molar-refractivity contribution in [1.82, 2.24) is 10.2 Å². The summed E-state index contributed by atoms with van der Waals surface area (Å²) in [4.78, 5) is 28.1. The standard InChI is InChI=1S/C28H30Cl3N3O4S/c1-4-14-32-28(36)20(3)33(17-21-6-5-7-22(29)15-21)27(35)18-34(26-16-23(30)10-13-25(26)31)39(37,38)24-11-8-19(2)9-12-24/h5-13,15-16,20H,4,14,17-18H2,1-3H3,(H,32,36)/t20-/m0/s1. The monoisotopic (exact) mass is 609 g/mol. The molecule has 1 atom stereocenters. The fourth-order valence-electron chi connectivity index (χ4n) is 3.84. The van der Waals surface area contributed by atoms with E-state index in [4.69, 9.17) is 34.8 Å². The van der Waals surface area contributed by atoms with Gasteiger partial charge in [0.05, 0.1) is 15.6 Å². The number of sulfonamides is 1. The predicted molar refractivity (Wildman–Crippen MR) is 157 cm³/mol. The summed E-state index contributed by atoms with van der Waals surface area (Å²) >= 11 is 18.8. The van der Waals surface area contributed by atoms with Crippen molar-refractivity contribution in [1.29, 1.82) is 0 Å². The quantitative estimate of drug-likeness (QED) is 0.285. The van der Waals surface area contributed by atoms with Crippen molar-refractivity contribution in [3.63, 3.8) is 0 Å². The Labute approximate surface area is 244 Å². The highest BCUT2D eigenvalue weighted by Gasteiger charge is 2.33. The van der Waals surface area contributed by atoms with E-state index in [2.05, 4.69) is 5.32 Å². The van der Waals surface area contributed by atoms with E-state index >= 15 is 0 Å². The van der Waals surface area contributed by atoms with Crippen LogP contribution >= 0.6 is 34.8 Å². The minimum Gasteiger partial charge on any atom is -0.354 e. The maximum absolute atomic E-state index is 13.9. The van der Waals surface area contributed by atoms with Gasteiger partial charge in [0.2, 0.25) is 11.8 Å². The van der Waals surface area contributed by atoms with E-state index in [1.54, 1.807) is 43.3 Å². The highest BCUT2D eigenvalue weighted by molar-refractivity contribution is 7.92. The molecule has 0 radical (unpaired) electrons. The first-order chi connectivity index (χ1) is 18.4. The molecule has 7 nitrogen and oxygen atoms in total. The number of halogens is 3. The van der Waals surface area contributed by atoms with Gasteiger partial charge in [-0.15, -0.1) is 0 Å². The number of nitrogens with zero attached hydrogens (tertiary/aromatic N) is 2. The molecule has 0 heterocycles. The summed E-state index contributed by atoms with van der Waals surface area (Å²) in [5.74, 6) is -0.971. The minimum absolute atomic E-state index is 0.0212. The third-order valence-corrected chi connectivity index (χ3v) is 8.59. The van der Waals surface area contributed by atoms with Gasteiger partial charge in [0.25, 0.3) is 10.0 Å². The molecule has 0 aliphatic rings. The molecule has 0 unspecified atom stereocenters. The first kappa shape index (κ1) is 30.8. The van der Waals surface area contributed by atoms with E-state index in [9.17, 15) is 18.0 Å². The molecule has 11 heteroatoms. The van der Waals surface area contributed by atoms with Crippen LogP contribution in [0.15, 0.2) is 71.6 Å². The number of rotatable bonds is 11. The van der Waals surface area contributed by atoms with E-state index in [0.717, 1.165) is 16.3 Å². The molecule has 208 valence electrons. The van der Waals surface area contributed by atoms with Gasteiger partial charge in [-0.3, -0.25) is 13.9 Å². The number of anilines is 1. The van der Waals surface area contributed by atoms with Crippen LogP contribution in [0.1, 0.15) is 31.4 Å². The summed E-state index contributed by atoms with van der Waals surface area (Å²) in [7, 11) is -4.26. The molecule has 3 rings (SSSR count). The van der Waals surface area contributed by atoms with Crippen LogP contribution in [-0.2, 0) is 26.2 Å². The number of hydrogen-bond acceptors (Lipinski definition) is 4. The number of hydrogen-bond donors (Lipinski definition) is 1. The van der Waals surface area contributed by atoms with Crippen molar-refractivity contribution in [2.24, 2.45) is 0 Å². The van der Waals surface area contributed by atoms with Gasteiger partial charge < -0.3 is 10.2 Å². The molecule has 39 heavy (non-hydrogen) atoms. The molecule has 2 amide bonds. The lowest BCUT2D eigenvalue weighted by atomic mass is 10.1. The van der Waals surface area contributed by atoms with E-state index in [0.29, 0.717) is 17.1 Å². The average molecular weight is 611 g/mol. The molecule has 0 aliphatic carbocycles. The topological polar surface area (TPSA) is 86.8 Å². The van der Waals surface area contributed by atoms with Crippen LogP contribution in [0.3, 0.4) is 0 Å². The van der Waals surface area contributed by atoms with Crippen molar-refractivity contribution < 1.29 is 18.0 Å². The molecule has 0 bridgehead atoms. The van der Waals surface area contributed by atoms with Crippen LogP contribution in [-0.4, -0.2) is 44.3 Å². The Bertz CT molecular complexity index is 1430. The van der Waals surface area contributed by atoms with E-state index in [1.807, 2.05) is 13.8 Å². The Morgan fingerprint density at radius 1 is 0.949 bits per heavy atom. The van der Waals surface area contributed by atoms with E-state index < -0.39 is 28.5 Å². The van der Waals surface area contributed by atoms with Gasteiger partial charge in [0.15, 0.2) is 0 Å². The zero-order valence-corrected chi connectivity index (χ0v) is 24.9. The van der Waals surface area contributed by atoms with Gasteiger partial charge in [-0.05, 0) is 68.3 Å². The van der Waals surface area contributed by atoms with Crippen molar-refractivity contribution in [3.05, 3.63) is 92.9 Å². The van der Waals surface area contributed by atoms with Crippen LogP contribution < -0.4 is 9.62 Å². The Hall–Kier alpha value is -2.78. The van der Waals surface area contributed by atoms with Crippen LogP contribution in [0, 0.1) is 6.92 Å². The van der Waals surface area contributed by atoms with Gasteiger partial charge in [0.1, 0.15) is 12.6 Å². The summed E-state index contributed by atoms with van der Waals surface area (Å²) in [5, 5.41) is 3.61. The molecular formula is C28H30Cl3N3O4S. The molecule has 0 aliphatic heterocycles. The third kappa shape index (κ3) is 7.88. The number of aryl methyl sites for hydroxylation is 1. The summed E-state index contributed by atoms with van der Waals surface area (Å²) < 4.78 is 28.7. The molecular weight excluding hydrogens is 581 g/mol. The highest BCUT2D eigenvalue weighted by Crippen LogP contribution is 2.33. The first-order valence-corrected chi connectivity index (χ1v) is 14.9. The largest absolute Gasteiger partial charge is 0.354 e. The van der Waals surface area contributed by atoms with Crippen molar-refractivity contribution in [2.75, 3.05) is 17.4 Å². The normalized spacial score (nSPS) is 12.1. The Balaban J connectivity index is 2.06. The number of carbonyl (C=O) groups excluding carboxylic acids is 2. The molecule has 0 aromatic heterocycles. The highest BCUT2D eigenvalue weighted by atomic mass is 35.5. The number of carbonyl (C=O) groups is 2. The third-order valence-electron chi connectivity index (χ3n) is 6.02. The zero-order chi connectivity index (χ0) is 28.7.